The minimum Gasteiger partial charge on any atom is -0.314 e. The summed E-state index contributed by atoms with van der Waals surface area (Å²) in [6.45, 7) is 0.357. The molecule has 1 saturated carbocycles. The predicted molar refractivity (Wildman–Crippen MR) is 32.1 cm³/mol. The molecule has 0 aromatic rings. The van der Waals surface area contributed by atoms with E-state index in [1.54, 1.807) is 0 Å². The minimum atomic E-state index is -2.46. The quantitative estimate of drug-likeness (QED) is 0.602. The fourth-order valence-electron chi connectivity index (χ4n) is 1.29. The molecule has 1 aliphatic rings. The molecule has 0 amide bonds. The zero-order valence-electron chi connectivity index (χ0n) is 5.85. The monoisotopic (exact) mass is 151 g/mol. The fraction of sp³-hybridized carbons (Fsp3) is 1.00. The molecule has 1 rings (SSSR count). The molecule has 0 unspecified atom stereocenters. The standard InChI is InChI=1S/C6H11F2NO/c1-9(10)4-5-2-6(7,8)3-5/h5,10H,2-4H2,1H3. The molecular formula is C6H11F2NO. The molecule has 0 radical (unpaired) electrons. The van der Waals surface area contributed by atoms with Crippen molar-refractivity contribution in [3.05, 3.63) is 0 Å². The summed E-state index contributed by atoms with van der Waals surface area (Å²) in [5.41, 5.74) is 0. The molecule has 0 heterocycles. The van der Waals surface area contributed by atoms with Crippen LogP contribution in [0.5, 0.6) is 0 Å². The molecule has 0 bridgehead atoms. The van der Waals surface area contributed by atoms with E-state index in [-0.39, 0.29) is 18.8 Å². The molecule has 4 heteroatoms. The largest absolute Gasteiger partial charge is 0.314 e. The van der Waals surface area contributed by atoms with Crippen LogP contribution in [0.4, 0.5) is 8.78 Å². The zero-order chi connectivity index (χ0) is 7.78. The Bertz CT molecular complexity index is 116. The van der Waals surface area contributed by atoms with Gasteiger partial charge in [-0.1, -0.05) is 0 Å². The fourth-order valence-corrected chi connectivity index (χ4v) is 1.29. The van der Waals surface area contributed by atoms with Crippen molar-refractivity contribution in [2.24, 2.45) is 5.92 Å². The van der Waals surface area contributed by atoms with E-state index in [9.17, 15) is 8.78 Å². The van der Waals surface area contributed by atoms with Gasteiger partial charge in [-0.2, -0.15) is 5.06 Å². The van der Waals surface area contributed by atoms with Gasteiger partial charge in [0.2, 0.25) is 5.92 Å². The molecule has 0 aliphatic heterocycles. The Morgan fingerprint density at radius 2 is 2.10 bits per heavy atom. The van der Waals surface area contributed by atoms with Gasteiger partial charge in [0.15, 0.2) is 0 Å². The van der Waals surface area contributed by atoms with Crippen molar-refractivity contribution in [2.45, 2.75) is 18.8 Å². The van der Waals surface area contributed by atoms with Crippen molar-refractivity contribution in [1.29, 1.82) is 0 Å². The summed E-state index contributed by atoms with van der Waals surface area (Å²) < 4.78 is 24.3. The summed E-state index contributed by atoms with van der Waals surface area (Å²) in [4.78, 5) is 0. The average Bonchev–Trinajstić information content (AvgIpc) is 1.57. The maximum absolute atomic E-state index is 12.1. The smallest absolute Gasteiger partial charge is 0.248 e. The maximum Gasteiger partial charge on any atom is 0.248 e. The third-order valence-corrected chi connectivity index (χ3v) is 1.70. The van der Waals surface area contributed by atoms with E-state index in [0.29, 0.717) is 6.54 Å². The first-order chi connectivity index (χ1) is 4.49. The van der Waals surface area contributed by atoms with Gasteiger partial charge in [-0.25, -0.2) is 8.78 Å². The van der Waals surface area contributed by atoms with Crippen LogP contribution in [0.1, 0.15) is 12.8 Å². The predicted octanol–water partition coefficient (Wildman–Crippen LogP) is 1.35. The first-order valence-electron chi connectivity index (χ1n) is 3.27. The normalized spacial score (nSPS) is 24.9. The lowest BCUT2D eigenvalue weighted by Gasteiger charge is -2.35. The molecular weight excluding hydrogens is 140 g/mol. The number of halogens is 2. The highest BCUT2D eigenvalue weighted by Crippen LogP contribution is 2.42. The van der Waals surface area contributed by atoms with Gasteiger partial charge in [-0.15, -0.1) is 0 Å². The summed E-state index contributed by atoms with van der Waals surface area (Å²) in [5, 5.41) is 9.60. The van der Waals surface area contributed by atoms with E-state index >= 15 is 0 Å². The third-order valence-electron chi connectivity index (χ3n) is 1.70. The van der Waals surface area contributed by atoms with Crippen LogP contribution >= 0.6 is 0 Å². The van der Waals surface area contributed by atoms with E-state index in [1.165, 1.54) is 7.05 Å². The molecule has 0 atom stereocenters. The number of nitrogens with zero attached hydrogens (tertiary/aromatic N) is 1. The van der Waals surface area contributed by atoms with Crippen molar-refractivity contribution < 1.29 is 14.0 Å². The van der Waals surface area contributed by atoms with Crippen molar-refractivity contribution in [1.82, 2.24) is 5.06 Å². The Kier molecular flexibility index (Phi) is 1.92. The van der Waals surface area contributed by atoms with Gasteiger partial charge < -0.3 is 5.21 Å². The maximum atomic E-state index is 12.1. The van der Waals surface area contributed by atoms with Gasteiger partial charge in [0.25, 0.3) is 0 Å². The summed E-state index contributed by atoms with van der Waals surface area (Å²) in [6.07, 6.45) is -0.143. The molecule has 0 aromatic carbocycles. The van der Waals surface area contributed by atoms with Gasteiger partial charge in [0.05, 0.1) is 0 Å². The van der Waals surface area contributed by atoms with Crippen molar-refractivity contribution in [3.63, 3.8) is 0 Å². The van der Waals surface area contributed by atoms with Gasteiger partial charge in [-0.05, 0) is 5.92 Å². The second kappa shape index (κ2) is 2.43. The minimum absolute atomic E-state index is 0.0231. The summed E-state index contributed by atoms with van der Waals surface area (Å²) >= 11 is 0. The first kappa shape index (κ1) is 7.88. The molecule has 0 saturated heterocycles. The topological polar surface area (TPSA) is 23.5 Å². The van der Waals surface area contributed by atoms with Crippen LogP contribution in [0.25, 0.3) is 0 Å². The highest BCUT2D eigenvalue weighted by Gasteiger charge is 2.45. The van der Waals surface area contributed by atoms with Crippen LogP contribution in [-0.4, -0.2) is 29.8 Å². The van der Waals surface area contributed by atoms with Crippen LogP contribution in [0.15, 0.2) is 0 Å². The van der Waals surface area contributed by atoms with Gasteiger partial charge in [-0.3, -0.25) is 0 Å². The zero-order valence-corrected chi connectivity index (χ0v) is 5.85. The molecule has 60 valence electrons. The Morgan fingerprint density at radius 1 is 1.60 bits per heavy atom. The van der Waals surface area contributed by atoms with Crippen molar-refractivity contribution >= 4 is 0 Å². The molecule has 1 aliphatic carbocycles. The summed E-state index contributed by atoms with van der Waals surface area (Å²) in [6, 6.07) is 0. The Morgan fingerprint density at radius 3 is 2.40 bits per heavy atom. The van der Waals surface area contributed by atoms with Crippen LogP contribution in [0.2, 0.25) is 0 Å². The molecule has 2 nitrogen and oxygen atoms in total. The molecule has 1 N–H and O–H groups in total. The van der Waals surface area contributed by atoms with Crippen LogP contribution in [-0.2, 0) is 0 Å². The van der Waals surface area contributed by atoms with Gasteiger partial charge >= 0.3 is 0 Å². The second-order valence-electron chi connectivity index (χ2n) is 2.97. The van der Waals surface area contributed by atoms with Crippen LogP contribution < -0.4 is 0 Å². The lowest BCUT2D eigenvalue weighted by atomic mass is 9.81. The SMILES string of the molecule is CN(O)CC1CC(F)(F)C1. The lowest BCUT2D eigenvalue weighted by molar-refractivity contribution is -0.149. The molecule has 0 aromatic heterocycles. The molecule has 10 heavy (non-hydrogen) atoms. The lowest BCUT2D eigenvalue weighted by Crippen LogP contribution is -2.40. The average molecular weight is 151 g/mol. The van der Waals surface area contributed by atoms with E-state index in [4.69, 9.17) is 5.21 Å². The number of rotatable bonds is 2. The van der Waals surface area contributed by atoms with E-state index < -0.39 is 5.92 Å². The van der Waals surface area contributed by atoms with E-state index in [1.807, 2.05) is 0 Å². The molecule has 1 fully saturated rings. The van der Waals surface area contributed by atoms with Crippen LogP contribution in [0, 0.1) is 5.92 Å². The number of alkyl halides is 2. The van der Waals surface area contributed by atoms with Crippen molar-refractivity contribution in [3.8, 4) is 0 Å². The first-order valence-corrected chi connectivity index (χ1v) is 3.27. The highest BCUT2D eigenvalue weighted by atomic mass is 19.3. The van der Waals surface area contributed by atoms with Crippen molar-refractivity contribution in [2.75, 3.05) is 13.6 Å². The summed E-state index contributed by atoms with van der Waals surface area (Å²) in [5.74, 6) is -2.48. The number of hydrogen-bond acceptors (Lipinski definition) is 2. The van der Waals surface area contributed by atoms with Gasteiger partial charge in [0, 0.05) is 26.4 Å². The number of hydrogen-bond donors (Lipinski definition) is 1. The third kappa shape index (κ3) is 1.88. The Balaban J connectivity index is 2.15. The van der Waals surface area contributed by atoms with Crippen LogP contribution in [0.3, 0.4) is 0 Å². The Hall–Kier alpha value is -0.220. The van der Waals surface area contributed by atoms with E-state index in [0.717, 1.165) is 5.06 Å². The molecule has 0 spiro atoms. The Labute approximate surface area is 58.4 Å². The second-order valence-corrected chi connectivity index (χ2v) is 2.97. The van der Waals surface area contributed by atoms with E-state index in [2.05, 4.69) is 0 Å². The number of hydroxylamine groups is 2. The summed E-state index contributed by atoms with van der Waals surface area (Å²) in [7, 11) is 1.47. The highest BCUT2D eigenvalue weighted by molar-refractivity contribution is 4.86. The van der Waals surface area contributed by atoms with Gasteiger partial charge in [0.1, 0.15) is 0 Å².